The molecule has 1 heterocycles. The molecule has 0 radical (unpaired) electrons. The number of hydrogen-bond donors (Lipinski definition) is 0. The van der Waals surface area contributed by atoms with Crippen molar-refractivity contribution < 1.29 is 4.42 Å². The van der Waals surface area contributed by atoms with Crippen molar-refractivity contribution in [3.05, 3.63) is 182 Å². The standard InChI is InChI=1S/C48H30O/c1-3-14-31(15-4-1)37-24-13-25-42-44-29-34(26-27-45(44)49-48(37)42)43-30-35(28-33-18-7-8-19-36(33)43)47-40-22-11-9-20-38(40)46(32-16-5-2-6-17-32)39-21-10-12-23-41(39)47/h1-30H. The van der Waals surface area contributed by atoms with Crippen molar-refractivity contribution in [2.24, 2.45) is 0 Å². The summed E-state index contributed by atoms with van der Waals surface area (Å²) in [5.74, 6) is 0. The third-order valence-corrected chi connectivity index (χ3v) is 10.0. The molecular formula is C48H30O. The van der Waals surface area contributed by atoms with Gasteiger partial charge in [0.25, 0.3) is 0 Å². The fraction of sp³-hybridized carbons (Fsp3) is 0. The van der Waals surface area contributed by atoms with Gasteiger partial charge in [0.1, 0.15) is 11.2 Å². The molecule has 0 saturated carbocycles. The second kappa shape index (κ2) is 11.1. The summed E-state index contributed by atoms with van der Waals surface area (Å²) in [6, 6.07) is 65.7. The summed E-state index contributed by atoms with van der Waals surface area (Å²) in [7, 11) is 0. The molecule has 0 spiro atoms. The highest BCUT2D eigenvalue weighted by atomic mass is 16.3. The van der Waals surface area contributed by atoms with E-state index in [1.807, 2.05) is 0 Å². The predicted molar refractivity (Wildman–Crippen MR) is 208 cm³/mol. The second-order valence-corrected chi connectivity index (χ2v) is 12.8. The summed E-state index contributed by atoms with van der Waals surface area (Å²) in [5.41, 5.74) is 11.5. The zero-order valence-electron chi connectivity index (χ0n) is 26.7. The lowest BCUT2D eigenvalue weighted by Crippen LogP contribution is -1.92. The van der Waals surface area contributed by atoms with Gasteiger partial charge in [-0.05, 0) is 95.5 Å². The van der Waals surface area contributed by atoms with Gasteiger partial charge in [0, 0.05) is 16.3 Å². The van der Waals surface area contributed by atoms with Gasteiger partial charge in [-0.2, -0.15) is 0 Å². The van der Waals surface area contributed by atoms with E-state index < -0.39 is 0 Å². The Morgan fingerprint density at radius 3 is 1.51 bits per heavy atom. The quantitative estimate of drug-likeness (QED) is 0.178. The van der Waals surface area contributed by atoms with Gasteiger partial charge in [0.05, 0.1) is 0 Å². The van der Waals surface area contributed by atoms with Crippen molar-refractivity contribution in [2.45, 2.75) is 0 Å². The van der Waals surface area contributed by atoms with Gasteiger partial charge in [-0.15, -0.1) is 0 Å². The van der Waals surface area contributed by atoms with E-state index in [9.17, 15) is 0 Å². The van der Waals surface area contributed by atoms with Crippen molar-refractivity contribution in [1.82, 2.24) is 0 Å². The van der Waals surface area contributed by atoms with Crippen molar-refractivity contribution in [3.63, 3.8) is 0 Å². The van der Waals surface area contributed by atoms with Crippen LogP contribution in [0, 0.1) is 0 Å². The van der Waals surface area contributed by atoms with Gasteiger partial charge in [-0.1, -0.05) is 158 Å². The van der Waals surface area contributed by atoms with Crippen LogP contribution >= 0.6 is 0 Å². The molecule has 10 aromatic rings. The maximum Gasteiger partial charge on any atom is 0.143 e. The number of para-hydroxylation sites is 1. The van der Waals surface area contributed by atoms with Gasteiger partial charge in [-0.25, -0.2) is 0 Å². The molecule has 9 aromatic carbocycles. The Kier molecular flexibility index (Phi) is 6.25. The molecule has 0 amide bonds. The highest BCUT2D eigenvalue weighted by Gasteiger charge is 2.19. The minimum absolute atomic E-state index is 0.899. The summed E-state index contributed by atoms with van der Waals surface area (Å²) < 4.78 is 6.55. The molecule has 49 heavy (non-hydrogen) atoms. The number of furan rings is 1. The first-order valence-electron chi connectivity index (χ1n) is 16.8. The van der Waals surface area contributed by atoms with E-state index in [1.165, 1.54) is 65.7 Å². The lowest BCUT2D eigenvalue weighted by molar-refractivity contribution is 0.670. The zero-order chi connectivity index (χ0) is 32.3. The van der Waals surface area contributed by atoms with Gasteiger partial charge in [0.15, 0.2) is 0 Å². The minimum Gasteiger partial charge on any atom is -0.455 e. The van der Waals surface area contributed by atoms with E-state index in [1.54, 1.807) is 0 Å². The molecule has 1 heteroatoms. The van der Waals surface area contributed by atoms with Crippen LogP contribution in [0.5, 0.6) is 0 Å². The first-order valence-corrected chi connectivity index (χ1v) is 16.8. The first-order chi connectivity index (χ1) is 24.3. The summed E-state index contributed by atoms with van der Waals surface area (Å²) in [6.45, 7) is 0. The van der Waals surface area contributed by atoms with Crippen LogP contribution in [-0.2, 0) is 0 Å². The molecule has 0 aliphatic heterocycles. The Balaban J connectivity index is 1.24. The van der Waals surface area contributed by atoms with E-state index >= 15 is 0 Å². The summed E-state index contributed by atoms with van der Waals surface area (Å²) in [6.07, 6.45) is 0. The fourth-order valence-corrected chi connectivity index (χ4v) is 7.86. The maximum absolute atomic E-state index is 6.55. The molecule has 0 atom stereocenters. The SMILES string of the molecule is c1ccc(-c2c3ccccc3c(-c3cc(-c4ccc5oc6c(-c7ccccc7)cccc6c5c4)c4ccccc4c3)c3ccccc23)cc1. The average molecular weight is 623 g/mol. The highest BCUT2D eigenvalue weighted by Crippen LogP contribution is 2.46. The summed E-state index contributed by atoms with van der Waals surface area (Å²) in [5, 5.41) is 9.75. The Morgan fingerprint density at radius 1 is 0.286 bits per heavy atom. The highest BCUT2D eigenvalue weighted by molar-refractivity contribution is 6.22. The van der Waals surface area contributed by atoms with Crippen LogP contribution in [0.4, 0.5) is 0 Å². The number of fused-ring (bicyclic) bond motifs is 6. The smallest absolute Gasteiger partial charge is 0.143 e. The van der Waals surface area contributed by atoms with E-state index in [2.05, 4.69) is 182 Å². The fourth-order valence-electron chi connectivity index (χ4n) is 7.86. The van der Waals surface area contributed by atoms with Crippen molar-refractivity contribution >= 4 is 54.3 Å². The molecule has 0 saturated heterocycles. The van der Waals surface area contributed by atoms with Crippen LogP contribution in [0.3, 0.4) is 0 Å². The maximum atomic E-state index is 6.55. The minimum atomic E-state index is 0.899. The van der Waals surface area contributed by atoms with E-state index in [-0.39, 0.29) is 0 Å². The zero-order valence-corrected chi connectivity index (χ0v) is 26.7. The van der Waals surface area contributed by atoms with Gasteiger partial charge in [0.2, 0.25) is 0 Å². The molecule has 228 valence electrons. The molecule has 0 aliphatic rings. The lowest BCUT2D eigenvalue weighted by Gasteiger charge is -2.19. The summed E-state index contributed by atoms with van der Waals surface area (Å²) in [4.78, 5) is 0. The topological polar surface area (TPSA) is 13.1 Å². The first kappa shape index (κ1) is 27.7. The second-order valence-electron chi connectivity index (χ2n) is 12.8. The number of hydrogen-bond acceptors (Lipinski definition) is 1. The third-order valence-electron chi connectivity index (χ3n) is 10.0. The van der Waals surface area contributed by atoms with E-state index in [0.29, 0.717) is 0 Å². The van der Waals surface area contributed by atoms with Crippen molar-refractivity contribution in [3.8, 4) is 44.5 Å². The molecule has 1 aromatic heterocycles. The number of rotatable bonds is 4. The van der Waals surface area contributed by atoms with Crippen LogP contribution in [0.25, 0.3) is 98.8 Å². The van der Waals surface area contributed by atoms with Gasteiger partial charge >= 0.3 is 0 Å². The molecule has 0 bridgehead atoms. The molecular weight excluding hydrogens is 593 g/mol. The Labute approximate surface area is 284 Å². The Bertz CT molecular complexity index is 2800. The molecule has 0 N–H and O–H groups in total. The lowest BCUT2D eigenvalue weighted by atomic mass is 9.84. The largest absolute Gasteiger partial charge is 0.455 e. The molecule has 10 rings (SSSR count). The average Bonchev–Trinajstić information content (AvgIpc) is 3.55. The molecule has 0 fully saturated rings. The summed E-state index contributed by atoms with van der Waals surface area (Å²) >= 11 is 0. The van der Waals surface area contributed by atoms with Crippen LogP contribution < -0.4 is 0 Å². The van der Waals surface area contributed by atoms with Crippen LogP contribution in [-0.4, -0.2) is 0 Å². The molecule has 0 unspecified atom stereocenters. The van der Waals surface area contributed by atoms with Gasteiger partial charge < -0.3 is 4.42 Å². The van der Waals surface area contributed by atoms with Crippen LogP contribution in [0.15, 0.2) is 186 Å². The normalized spacial score (nSPS) is 11.7. The Morgan fingerprint density at radius 2 is 0.837 bits per heavy atom. The monoisotopic (exact) mass is 622 g/mol. The van der Waals surface area contributed by atoms with E-state index in [0.717, 1.165) is 33.1 Å². The van der Waals surface area contributed by atoms with Crippen LogP contribution in [0.1, 0.15) is 0 Å². The van der Waals surface area contributed by atoms with Gasteiger partial charge in [-0.3, -0.25) is 0 Å². The predicted octanol–water partition coefficient (Wildman–Crippen LogP) is 13.7. The molecule has 0 aliphatic carbocycles. The van der Waals surface area contributed by atoms with Crippen LogP contribution in [0.2, 0.25) is 0 Å². The Hall–Kier alpha value is -6.44. The molecule has 1 nitrogen and oxygen atoms in total. The van der Waals surface area contributed by atoms with Crippen molar-refractivity contribution in [2.75, 3.05) is 0 Å². The number of benzene rings is 9. The van der Waals surface area contributed by atoms with Crippen molar-refractivity contribution in [1.29, 1.82) is 0 Å². The third kappa shape index (κ3) is 4.40. The van der Waals surface area contributed by atoms with E-state index in [4.69, 9.17) is 4.42 Å².